The molecule has 7 nitrogen and oxygen atoms in total. The SMILES string of the molecule is Cc1ccc(CNc2ccc3c(N(N[SH](=O)=O)c4ccc(F)cc4)cccc3n2)o1. The Hall–Kier alpha value is -3.43. The van der Waals surface area contributed by atoms with Gasteiger partial charge in [0, 0.05) is 5.39 Å². The molecular weight excluding hydrogens is 407 g/mol. The first-order valence-corrected chi connectivity index (χ1v) is 10.3. The molecule has 0 atom stereocenters. The normalized spacial score (nSPS) is 11.2. The molecule has 0 saturated carbocycles. The molecule has 2 aromatic carbocycles. The number of fused-ring (bicyclic) bond motifs is 1. The minimum Gasteiger partial charge on any atom is -0.465 e. The maximum atomic E-state index is 13.3. The number of aryl methyl sites for hydroxylation is 1. The highest BCUT2D eigenvalue weighted by Gasteiger charge is 2.14. The van der Waals surface area contributed by atoms with Crippen LogP contribution in [0, 0.1) is 12.7 Å². The predicted molar refractivity (Wildman–Crippen MR) is 115 cm³/mol. The van der Waals surface area contributed by atoms with Gasteiger partial charge in [0.1, 0.15) is 23.2 Å². The van der Waals surface area contributed by atoms with E-state index in [1.807, 2.05) is 37.3 Å². The van der Waals surface area contributed by atoms with Crippen molar-refractivity contribution in [3.8, 4) is 0 Å². The predicted octanol–water partition coefficient (Wildman–Crippen LogP) is 4.06. The summed E-state index contributed by atoms with van der Waals surface area (Å²) in [4.78, 5) is 7.01. The van der Waals surface area contributed by atoms with Gasteiger partial charge in [-0.15, -0.1) is 4.83 Å². The summed E-state index contributed by atoms with van der Waals surface area (Å²) in [5.74, 6) is 1.89. The molecule has 0 amide bonds. The van der Waals surface area contributed by atoms with Crippen molar-refractivity contribution in [3.05, 3.63) is 84.1 Å². The molecule has 0 radical (unpaired) electrons. The molecule has 9 heteroatoms. The Morgan fingerprint density at radius 2 is 1.83 bits per heavy atom. The topological polar surface area (TPSA) is 87.5 Å². The van der Waals surface area contributed by atoms with Crippen LogP contribution in [0.4, 0.5) is 21.6 Å². The van der Waals surface area contributed by atoms with Crippen LogP contribution in [-0.2, 0) is 17.4 Å². The van der Waals surface area contributed by atoms with Gasteiger partial charge in [0.25, 0.3) is 0 Å². The quantitative estimate of drug-likeness (QED) is 0.305. The van der Waals surface area contributed by atoms with Gasteiger partial charge in [-0.3, -0.25) is 5.01 Å². The van der Waals surface area contributed by atoms with Crippen LogP contribution in [0.5, 0.6) is 0 Å². The van der Waals surface area contributed by atoms with Gasteiger partial charge in [-0.25, -0.2) is 17.8 Å². The number of rotatable bonds is 7. The number of hydrogen-bond acceptors (Lipinski definition) is 6. The first-order valence-electron chi connectivity index (χ1n) is 9.15. The zero-order valence-electron chi connectivity index (χ0n) is 16.0. The van der Waals surface area contributed by atoms with E-state index >= 15 is 0 Å². The fourth-order valence-corrected chi connectivity index (χ4v) is 3.50. The van der Waals surface area contributed by atoms with Crippen LogP contribution in [0.15, 0.2) is 71.1 Å². The van der Waals surface area contributed by atoms with E-state index in [1.165, 1.54) is 29.3 Å². The Morgan fingerprint density at radius 1 is 1.03 bits per heavy atom. The van der Waals surface area contributed by atoms with E-state index in [4.69, 9.17) is 4.42 Å². The van der Waals surface area contributed by atoms with Crippen molar-refractivity contribution in [2.75, 3.05) is 10.3 Å². The number of benzene rings is 2. The maximum absolute atomic E-state index is 13.3. The number of nitrogens with one attached hydrogen (secondary N) is 2. The van der Waals surface area contributed by atoms with Gasteiger partial charge >= 0.3 is 0 Å². The van der Waals surface area contributed by atoms with Crippen molar-refractivity contribution in [2.24, 2.45) is 0 Å². The van der Waals surface area contributed by atoms with E-state index in [1.54, 1.807) is 12.1 Å². The highest BCUT2D eigenvalue weighted by atomic mass is 32.2. The molecule has 0 aliphatic rings. The largest absolute Gasteiger partial charge is 0.465 e. The van der Waals surface area contributed by atoms with Crippen LogP contribution < -0.4 is 15.2 Å². The zero-order valence-corrected chi connectivity index (χ0v) is 16.9. The smallest absolute Gasteiger partial charge is 0.218 e. The van der Waals surface area contributed by atoms with E-state index in [0.29, 0.717) is 29.3 Å². The lowest BCUT2D eigenvalue weighted by Gasteiger charge is -2.24. The number of pyridine rings is 1. The van der Waals surface area contributed by atoms with Crippen molar-refractivity contribution in [3.63, 3.8) is 0 Å². The Balaban J connectivity index is 1.68. The number of anilines is 3. The van der Waals surface area contributed by atoms with Gasteiger partial charge in [-0.2, -0.15) is 0 Å². The van der Waals surface area contributed by atoms with Crippen molar-refractivity contribution in [1.82, 2.24) is 9.82 Å². The summed E-state index contributed by atoms with van der Waals surface area (Å²) >= 11 is 0. The third kappa shape index (κ3) is 4.42. The van der Waals surface area contributed by atoms with Crippen LogP contribution in [-0.4, -0.2) is 13.4 Å². The molecule has 0 unspecified atom stereocenters. The number of thiol groups is 1. The van der Waals surface area contributed by atoms with Gasteiger partial charge in [0.2, 0.25) is 10.9 Å². The fourth-order valence-electron chi connectivity index (χ4n) is 3.11. The second-order valence-electron chi connectivity index (χ2n) is 6.58. The Labute approximate surface area is 174 Å². The number of furan rings is 1. The van der Waals surface area contributed by atoms with E-state index in [-0.39, 0.29) is 0 Å². The Morgan fingerprint density at radius 3 is 2.53 bits per heavy atom. The molecule has 4 aromatic rings. The highest BCUT2D eigenvalue weighted by molar-refractivity contribution is 7.70. The lowest BCUT2D eigenvalue weighted by atomic mass is 10.1. The molecule has 0 fully saturated rings. The average molecular weight is 426 g/mol. The van der Waals surface area contributed by atoms with Crippen molar-refractivity contribution < 1.29 is 17.2 Å². The van der Waals surface area contributed by atoms with Gasteiger partial charge in [-0.1, -0.05) is 6.07 Å². The average Bonchev–Trinajstić information content (AvgIpc) is 3.16. The van der Waals surface area contributed by atoms with Gasteiger partial charge in [0.05, 0.1) is 23.4 Å². The first-order chi connectivity index (χ1) is 14.5. The monoisotopic (exact) mass is 426 g/mol. The third-order valence-corrected chi connectivity index (χ3v) is 4.82. The van der Waals surface area contributed by atoms with Gasteiger partial charge in [0.15, 0.2) is 0 Å². The molecule has 2 N–H and O–H groups in total. The molecule has 4 rings (SSSR count). The van der Waals surface area contributed by atoms with E-state index in [2.05, 4.69) is 15.1 Å². The van der Waals surface area contributed by atoms with E-state index in [0.717, 1.165) is 16.9 Å². The van der Waals surface area contributed by atoms with Gasteiger partial charge in [-0.05, 0) is 67.6 Å². The van der Waals surface area contributed by atoms with Crippen LogP contribution >= 0.6 is 0 Å². The van der Waals surface area contributed by atoms with Crippen LogP contribution in [0.3, 0.4) is 0 Å². The molecule has 2 heterocycles. The van der Waals surface area contributed by atoms with Crippen LogP contribution in [0.25, 0.3) is 10.9 Å². The molecule has 2 aromatic heterocycles. The fraction of sp³-hybridized carbons (Fsp3) is 0.0952. The highest BCUT2D eigenvalue weighted by Crippen LogP contribution is 2.31. The van der Waals surface area contributed by atoms with E-state index < -0.39 is 16.7 Å². The number of nitrogens with zero attached hydrogens (tertiary/aromatic N) is 2. The zero-order chi connectivity index (χ0) is 21.1. The minimum atomic E-state index is -2.95. The summed E-state index contributed by atoms with van der Waals surface area (Å²) in [5, 5.41) is 5.32. The number of hydrazine groups is 1. The third-order valence-electron chi connectivity index (χ3n) is 4.46. The standard InChI is InChI=1S/C21H19FN4O3S/c1-14-5-10-17(29-14)13-23-21-12-11-18-19(24-21)3-2-4-20(18)26(25-30(27)28)16-8-6-15(22)7-9-16/h2-12,30H,13H2,1H3,(H,23,24)(H,25,27,28). The molecule has 0 aliphatic carbocycles. The minimum absolute atomic E-state index is 0.410. The molecule has 0 aliphatic heterocycles. The first kappa shape index (κ1) is 19.9. The summed E-state index contributed by atoms with van der Waals surface area (Å²) in [7, 11) is -2.95. The summed E-state index contributed by atoms with van der Waals surface area (Å²) < 4.78 is 41.7. The van der Waals surface area contributed by atoms with Crippen molar-refractivity contribution in [1.29, 1.82) is 0 Å². The lowest BCUT2D eigenvalue weighted by molar-refractivity contribution is 0.490. The molecular formula is C21H19FN4O3S. The molecule has 154 valence electrons. The summed E-state index contributed by atoms with van der Waals surface area (Å²) in [6, 6.07) is 18.4. The van der Waals surface area contributed by atoms with Gasteiger partial charge < -0.3 is 9.73 Å². The molecule has 30 heavy (non-hydrogen) atoms. The second kappa shape index (κ2) is 8.52. The number of aromatic nitrogens is 1. The molecule has 0 saturated heterocycles. The lowest BCUT2D eigenvalue weighted by Crippen LogP contribution is -2.32. The summed E-state index contributed by atoms with van der Waals surface area (Å²) in [6.07, 6.45) is 0. The van der Waals surface area contributed by atoms with Crippen molar-refractivity contribution in [2.45, 2.75) is 13.5 Å². The maximum Gasteiger partial charge on any atom is 0.218 e. The Bertz CT molecular complexity index is 1250. The summed E-state index contributed by atoms with van der Waals surface area (Å²) in [5.41, 5.74) is 1.71. The number of halogens is 1. The van der Waals surface area contributed by atoms with Crippen LogP contribution in [0.1, 0.15) is 11.5 Å². The number of hydrogen-bond donors (Lipinski definition) is 3. The van der Waals surface area contributed by atoms with E-state index in [9.17, 15) is 12.8 Å². The van der Waals surface area contributed by atoms with Crippen molar-refractivity contribution >= 4 is 39.0 Å². The second-order valence-corrected chi connectivity index (χ2v) is 7.29. The summed E-state index contributed by atoms with van der Waals surface area (Å²) in [6.45, 7) is 2.38. The molecule has 0 spiro atoms. The van der Waals surface area contributed by atoms with Crippen LogP contribution in [0.2, 0.25) is 0 Å². The molecule has 0 bridgehead atoms. The Kier molecular flexibility index (Phi) is 5.64.